The van der Waals surface area contributed by atoms with Gasteiger partial charge in [-0.25, -0.2) is 0 Å². The van der Waals surface area contributed by atoms with E-state index in [9.17, 15) is 9.59 Å². The van der Waals surface area contributed by atoms with Gasteiger partial charge in [-0.3, -0.25) is 9.59 Å². The van der Waals surface area contributed by atoms with Gasteiger partial charge in [0.25, 0.3) is 11.8 Å². The van der Waals surface area contributed by atoms with Gasteiger partial charge in [0.2, 0.25) is 0 Å². The van der Waals surface area contributed by atoms with Crippen molar-refractivity contribution < 1.29 is 19.1 Å². The molecule has 2 aromatic carbocycles. The van der Waals surface area contributed by atoms with Gasteiger partial charge in [0.15, 0.2) is 6.61 Å². The van der Waals surface area contributed by atoms with Gasteiger partial charge in [-0.1, -0.05) is 30.3 Å². The number of benzene rings is 2. The van der Waals surface area contributed by atoms with E-state index in [1.165, 1.54) is 0 Å². The summed E-state index contributed by atoms with van der Waals surface area (Å²) in [5.74, 6) is 0.145. The molecule has 0 radical (unpaired) electrons. The maximum atomic E-state index is 12.3. The first-order valence-electron chi connectivity index (χ1n) is 8.88. The van der Waals surface area contributed by atoms with Crippen molar-refractivity contribution in [1.29, 1.82) is 0 Å². The Morgan fingerprint density at radius 3 is 2.41 bits per heavy atom. The topological polar surface area (TPSA) is 76.7 Å². The number of hydrogen-bond donors (Lipinski definition) is 2. The van der Waals surface area contributed by atoms with Crippen molar-refractivity contribution in [3.63, 3.8) is 0 Å². The summed E-state index contributed by atoms with van der Waals surface area (Å²) < 4.78 is 10.6. The molecule has 0 fully saturated rings. The smallest absolute Gasteiger partial charge is 0.262 e. The number of para-hydroxylation sites is 2. The molecule has 2 N–H and O–H groups in total. The number of nitrogens with one attached hydrogen (secondary N) is 2. The summed E-state index contributed by atoms with van der Waals surface area (Å²) in [5, 5.41) is 5.57. The van der Waals surface area contributed by atoms with E-state index in [0.717, 1.165) is 17.5 Å². The number of rotatable bonds is 9. The number of carbonyl (C=O) groups excluding carboxylic acids is 2. The third kappa shape index (κ3) is 6.11. The predicted molar refractivity (Wildman–Crippen MR) is 105 cm³/mol. The molecule has 0 unspecified atom stereocenters. The van der Waals surface area contributed by atoms with Crippen LogP contribution in [0, 0.1) is 13.8 Å². The highest BCUT2D eigenvalue weighted by molar-refractivity contribution is 6.04. The van der Waals surface area contributed by atoms with Crippen LogP contribution in [0.1, 0.15) is 27.9 Å². The van der Waals surface area contributed by atoms with Crippen LogP contribution in [0.2, 0.25) is 0 Å². The third-order valence-corrected chi connectivity index (χ3v) is 4.01. The van der Waals surface area contributed by atoms with Crippen LogP contribution < -0.4 is 15.4 Å². The summed E-state index contributed by atoms with van der Waals surface area (Å²) in [4.78, 5) is 24.6. The molecule has 0 heterocycles. The lowest BCUT2D eigenvalue weighted by Crippen LogP contribution is -2.27. The second-order valence-electron chi connectivity index (χ2n) is 6.21. The van der Waals surface area contributed by atoms with Crippen molar-refractivity contribution >= 4 is 17.5 Å². The molecule has 0 aliphatic rings. The molecule has 0 atom stereocenters. The number of carbonyl (C=O) groups is 2. The minimum Gasteiger partial charge on any atom is -0.483 e. The van der Waals surface area contributed by atoms with Crippen LogP contribution in [0.5, 0.6) is 5.75 Å². The molecule has 0 aliphatic carbocycles. The number of ether oxygens (including phenoxy) is 2. The van der Waals surface area contributed by atoms with E-state index in [2.05, 4.69) is 10.6 Å². The van der Waals surface area contributed by atoms with E-state index in [-0.39, 0.29) is 18.4 Å². The molecule has 0 saturated carbocycles. The van der Waals surface area contributed by atoms with Gasteiger partial charge >= 0.3 is 0 Å². The van der Waals surface area contributed by atoms with Crippen molar-refractivity contribution in [1.82, 2.24) is 5.32 Å². The first-order chi connectivity index (χ1) is 13.0. The van der Waals surface area contributed by atoms with Crippen molar-refractivity contribution in [2.45, 2.75) is 20.3 Å². The Bertz CT molecular complexity index is 769. The van der Waals surface area contributed by atoms with Crippen LogP contribution in [0.4, 0.5) is 5.69 Å². The normalized spacial score (nSPS) is 10.3. The Morgan fingerprint density at radius 1 is 1.00 bits per heavy atom. The van der Waals surface area contributed by atoms with E-state index in [4.69, 9.17) is 9.47 Å². The average molecular weight is 370 g/mol. The van der Waals surface area contributed by atoms with Crippen molar-refractivity contribution in [3.8, 4) is 5.75 Å². The van der Waals surface area contributed by atoms with E-state index < -0.39 is 0 Å². The summed E-state index contributed by atoms with van der Waals surface area (Å²) in [5.41, 5.74) is 2.81. The molecule has 27 heavy (non-hydrogen) atoms. The van der Waals surface area contributed by atoms with Crippen LogP contribution >= 0.6 is 0 Å². The number of anilines is 1. The first kappa shape index (κ1) is 20.5. The summed E-state index contributed by atoms with van der Waals surface area (Å²) in [6.07, 6.45) is 0.723. The standard InChI is InChI=1S/C21H26N2O4/c1-15-8-6-9-16(2)20(15)27-14-19(24)23-18-11-5-4-10-17(18)21(25)22-12-7-13-26-3/h4-6,8-11H,7,12-14H2,1-3H3,(H,22,25)(H,23,24). The Labute approximate surface area is 159 Å². The Balaban J connectivity index is 1.96. The fourth-order valence-electron chi connectivity index (χ4n) is 2.65. The van der Waals surface area contributed by atoms with Crippen LogP contribution in [0.25, 0.3) is 0 Å². The molecule has 2 amide bonds. The molecule has 0 aliphatic heterocycles. The zero-order chi connectivity index (χ0) is 19.6. The van der Waals surface area contributed by atoms with Gasteiger partial charge in [-0.2, -0.15) is 0 Å². The molecule has 6 heteroatoms. The van der Waals surface area contributed by atoms with E-state index in [1.54, 1.807) is 31.4 Å². The molecular formula is C21H26N2O4. The van der Waals surface area contributed by atoms with E-state index >= 15 is 0 Å². The molecule has 0 aromatic heterocycles. The van der Waals surface area contributed by atoms with Crippen LogP contribution in [-0.2, 0) is 9.53 Å². The maximum absolute atomic E-state index is 12.3. The second kappa shape index (κ2) is 10.3. The molecule has 144 valence electrons. The summed E-state index contributed by atoms with van der Waals surface area (Å²) in [6.45, 7) is 4.82. The number of amides is 2. The zero-order valence-corrected chi connectivity index (χ0v) is 16.0. The van der Waals surface area contributed by atoms with Gasteiger partial charge < -0.3 is 20.1 Å². The lowest BCUT2D eigenvalue weighted by atomic mass is 10.1. The molecular weight excluding hydrogens is 344 g/mol. The fraction of sp³-hybridized carbons (Fsp3) is 0.333. The SMILES string of the molecule is COCCCNC(=O)c1ccccc1NC(=O)COc1c(C)cccc1C. The second-order valence-corrected chi connectivity index (χ2v) is 6.21. The van der Waals surface area contributed by atoms with Crippen LogP contribution in [-0.4, -0.2) is 38.7 Å². The number of hydrogen-bond acceptors (Lipinski definition) is 4. The minimum atomic E-state index is -0.322. The van der Waals surface area contributed by atoms with Gasteiger partial charge in [0.05, 0.1) is 11.3 Å². The first-order valence-corrected chi connectivity index (χ1v) is 8.88. The zero-order valence-electron chi connectivity index (χ0n) is 16.0. The minimum absolute atomic E-state index is 0.129. The van der Waals surface area contributed by atoms with Crippen LogP contribution in [0.3, 0.4) is 0 Å². The summed E-state index contributed by atoms with van der Waals surface area (Å²) >= 11 is 0. The Morgan fingerprint density at radius 2 is 1.70 bits per heavy atom. The number of methoxy groups -OCH3 is 1. The Kier molecular flexibility index (Phi) is 7.82. The molecule has 6 nitrogen and oxygen atoms in total. The van der Waals surface area contributed by atoms with E-state index in [0.29, 0.717) is 30.2 Å². The van der Waals surface area contributed by atoms with Crippen molar-refractivity contribution in [2.24, 2.45) is 0 Å². The quantitative estimate of drug-likeness (QED) is 0.665. The van der Waals surface area contributed by atoms with Gasteiger partial charge in [0.1, 0.15) is 5.75 Å². The maximum Gasteiger partial charge on any atom is 0.262 e. The summed E-state index contributed by atoms with van der Waals surface area (Å²) in [7, 11) is 1.62. The van der Waals surface area contributed by atoms with Crippen LogP contribution in [0.15, 0.2) is 42.5 Å². The number of aryl methyl sites for hydroxylation is 2. The van der Waals surface area contributed by atoms with E-state index in [1.807, 2.05) is 32.0 Å². The van der Waals surface area contributed by atoms with Crippen molar-refractivity contribution in [3.05, 3.63) is 59.2 Å². The molecule has 2 rings (SSSR count). The fourth-order valence-corrected chi connectivity index (χ4v) is 2.65. The van der Waals surface area contributed by atoms with Gasteiger partial charge in [-0.15, -0.1) is 0 Å². The molecule has 0 spiro atoms. The summed E-state index contributed by atoms with van der Waals surface area (Å²) in [6, 6.07) is 12.7. The molecule has 0 bridgehead atoms. The highest BCUT2D eigenvalue weighted by Crippen LogP contribution is 2.22. The van der Waals surface area contributed by atoms with Gasteiger partial charge in [-0.05, 0) is 43.5 Å². The monoisotopic (exact) mass is 370 g/mol. The molecule has 0 saturated heterocycles. The molecule has 2 aromatic rings. The Hall–Kier alpha value is -2.86. The van der Waals surface area contributed by atoms with Gasteiger partial charge in [0, 0.05) is 20.3 Å². The lowest BCUT2D eigenvalue weighted by Gasteiger charge is -2.14. The predicted octanol–water partition coefficient (Wildman–Crippen LogP) is 3.09. The van der Waals surface area contributed by atoms with Crippen molar-refractivity contribution in [2.75, 3.05) is 32.2 Å². The third-order valence-electron chi connectivity index (χ3n) is 4.01. The highest BCUT2D eigenvalue weighted by atomic mass is 16.5. The largest absolute Gasteiger partial charge is 0.483 e. The average Bonchev–Trinajstić information content (AvgIpc) is 2.65. The lowest BCUT2D eigenvalue weighted by molar-refractivity contribution is -0.118. The highest BCUT2D eigenvalue weighted by Gasteiger charge is 2.13.